The molecule has 1 amide bonds. The van der Waals surface area contributed by atoms with Crippen LogP contribution in [-0.4, -0.2) is 23.0 Å². The fourth-order valence-electron chi connectivity index (χ4n) is 2.55. The predicted molar refractivity (Wildman–Crippen MR) is 96.4 cm³/mol. The average molecular weight is 352 g/mol. The van der Waals surface area contributed by atoms with Crippen LogP contribution in [0.25, 0.3) is 10.9 Å². The molecule has 1 aromatic heterocycles. The lowest BCUT2D eigenvalue weighted by Gasteiger charge is -2.15. The van der Waals surface area contributed by atoms with E-state index < -0.39 is 23.8 Å². The SMILES string of the molecule is Cc1cc(C(=O)O[C@H](C)C(=O)Nc2ccccc2F)c2ccccc2n1. The highest BCUT2D eigenvalue weighted by Crippen LogP contribution is 2.20. The van der Waals surface area contributed by atoms with Crippen molar-refractivity contribution in [2.24, 2.45) is 0 Å². The third kappa shape index (κ3) is 3.69. The van der Waals surface area contributed by atoms with Crippen LogP contribution in [0.5, 0.6) is 0 Å². The van der Waals surface area contributed by atoms with Gasteiger partial charge in [0.2, 0.25) is 0 Å². The Balaban J connectivity index is 1.77. The molecular weight excluding hydrogens is 335 g/mol. The molecule has 1 heterocycles. The summed E-state index contributed by atoms with van der Waals surface area (Å²) in [5.74, 6) is -1.81. The number of anilines is 1. The second-order valence-corrected chi connectivity index (χ2v) is 5.84. The van der Waals surface area contributed by atoms with E-state index in [4.69, 9.17) is 4.74 Å². The summed E-state index contributed by atoms with van der Waals surface area (Å²) in [4.78, 5) is 29.1. The molecule has 0 unspecified atom stereocenters. The summed E-state index contributed by atoms with van der Waals surface area (Å²) < 4.78 is 18.9. The van der Waals surface area contributed by atoms with Gasteiger partial charge in [0.15, 0.2) is 6.10 Å². The van der Waals surface area contributed by atoms with Gasteiger partial charge in [-0.05, 0) is 38.1 Å². The number of para-hydroxylation sites is 2. The Kier molecular flexibility index (Phi) is 4.93. The molecule has 0 spiro atoms. The number of pyridine rings is 1. The molecule has 0 fully saturated rings. The number of nitrogens with one attached hydrogen (secondary N) is 1. The van der Waals surface area contributed by atoms with Crippen LogP contribution in [0.3, 0.4) is 0 Å². The number of aromatic nitrogens is 1. The Bertz CT molecular complexity index is 988. The number of amides is 1. The number of carbonyl (C=O) groups excluding carboxylic acids is 2. The van der Waals surface area contributed by atoms with Crippen molar-refractivity contribution < 1.29 is 18.7 Å². The number of rotatable bonds is 4. The summed E-state index contributed by atoms with van der Waals surface area (Å²) in [7, 11) is 0. The highest BCUT2D eigenvalue weighted by Gasteiger charge is 2.21. The van der Waals surface area contributed by atoms with E-state index in [1.165, 1.54) is 25.1 Å². The summed E-state index contributed by atoms with van der Waals surface area (Å²) in [6.07, 6.45) is -1.09. The van der Waals surface area contributed by atoms with E-state index in [1.54, 1.807) is 37.3 Å². The van der Waals surface area contributed by atoms with Gasteiger partial charge in [0.25, 0.3) is 5.91 Å². The van der Waals surface area contributed by atoms with Gasteiger partial charge in [-0.25, -0.2) is 9.18 Å². The van der Waals surface area contributed by atoms with Crippen molar-refractivity contribution in [1.29, 1.82) is 0 Å². The average Bonchev–Trinajstić information content (AvgIpc) is 2.62. The lowest BCUT2D eigenvalue weighted by Crippen LogP contribution is -2.30. The number of fused-ring (bicyclic) bond motifs is 1. The first kappa shape index (κ1) is 17.5. The van der Waals surface area contributed by atoms with Crippen LogP contribution >= 0.6 is 0 Å². The minimum atomic E-state index is -1.09. The molecule has 0 aliphatic rings. The van der Waals surface area contributed by atoms with Crippen LogP contribution in [0, 0.1) is 12.7 Å². The smallest absolute Gasteiger partial charge is 0.339 e. The van der Waals surface area contributed by atoms with Crippen molar-refractivity contribution in [2.45, 2.75) is 20.0 Å². The van der Waals surface area contributed by atoms with Crippen LogP contribution in [0.1, 0.15) is 23.0 Å². The molecule has 0 aliphatic heterocycles. The highest BCUT2D eigenvalue weighted by molar-refractivity contribution is 6.05. The summed E-state index contributed by atoms with van der Waals surface area (Å²) >= 11 is 0. The van der Waals surface area contributed by atoms with Crippen LogP contribution in [-0.2, 0) is 9.53 Å². The van der Waals surface area contributed by atoms with Crippen molar-refractivity contribution >= 4 is 28.5 Å². The Labute approximate surface area is 149 Å². The van der Waals surface area contributed by atoms with Crippen LogP contribution in [0.2, 0.25) is 0 Å². The first-order valence-corrected chi connectivity index (χ1v) is 8.08. The van der Waals surface area contributed by atoms with Gasteiger partial charge in [-0.1, -0.05) is 30.3 Å². The predicted octanol–water partition coefficient (Wildman–Crippen LogP) is 3.87. The lowest BCUT2D eigenvalue weighted by atomic mass is 10.1. The maximum Gasteiger partial charge on any atom is 0.339 e. The minimum Gasteiger partial charge on any atom is -0.449 e. The largest absolute Gasteiger partial charge is 0.449 e. The standard InChI is InChI=1S/C20H17FN2O3/c1-12-11-15(14-7-3-5-9-17(14)22-12)20(25)26-13(2)19(24)23-18-10-6-4-8-16(18)21/h3-11,13H,1-2H3,(H,23,24)/t13-/m1/s1. The van der Waals surface area contributed by atoms with Crippen LogP contribution in [0.4, 0.5) is 10.1 Å². The molecular formula is C20H17FN2O3. The summed E-state index contributed by atoms with van der Waals surface area (Å²) in [6, 6.07) is 14.6. The molecule has 0 saturated carbocycles. The molecule has 6 heteroatoms. The van der Waals surface area contributed by atoms with Gasteiger partial charge in [0.1, 0.15) is 5.82 Å². The normalized spacial score (nSPS) is 11.8. The van der Waals surface area contributed by atoms with E-state index in [9.17, 15) is 14.0 Å². The maximum atomic E-state index is 13.6. The quantitative estimate of drug-likeness (QED) is 0.724. The van der Waals surface area contributed by atoms with E-state index in [-0.39, 0.29) is 5.69 Å². The van der Waals surface area contributed by atoms with Crippen molar-refractivity contribution in [1.82, 2.24) is 4.98 Å². The first-order chi connectivity index (χ1) is 12.5. The van der Waals surface area contributed by atoms with Crippen molar-refractivity contribution in [2.75, 3.05) is 5.32 Å². The molecule has 0 bridgehead atoms. The molecule has 1 N–H and O–H groups in total. The van der Waals surface area contributed by atoms with Crippen molar-refractivity contribution in [3.8, 4) is 0 Å². The van der Waals surface area contributed by atoms with Gasteiger partial charge < -0.3 is 10.1 Å². The number of hydrogen-bond donors (Lipinski definition) is 1. The third-order valence-corrected chi connectivity index (χ3v) is 3.85. The van der Waals surface area contributed by atoms with E-state index >= 15 is 0 Å². The number of ether oxygens (including phenoxy) is 1. The number of carbonyl (C=O) groups is 2. The zero-order valence-corrected chi connectivity index (χ0v) is 14.3. The molecule has 5 nitrogen and oxygen atoms in total. The van der Waals surface area contributed by atoms with Gasteiger partial charge in [-0.2, -0.15) is 0 Å². The Morgan fingerprint density at radius 2 is 1.81 bits per heavy atom. The van der Waals surface area contributed by atoms with E-state index in [0.717, 1.165) is 0 Å². The second-order valence-electron chi connectivity index (χ2n) is 5.84. The molecule has 2 aromatic carbocycles. The van der Waals surface area contributed by atoms with Crippen molar-refractivity contribution in [3.63, 3.8) is 0 Å². The molecule has 132 valence electrons. The van der Waals surface area contributed by atoms with Crippen LogP contribution in [0.15, 0.2) is 54.6 Å². The van der Waals surface area contributed by atoms with Gasteiger partial charge >= 0.3 is 5.97 Å². The number of halogens is 1. The molecule has 1 atom stereocenters. The van der Waals surface area contributed by atoms with Crippen LogP contribution < -0.4 is 5.32 Å². The van der Waals surface area contributed by atoms with Gasteiger partial charge in [-0.15, -0.1) is 0 Å². The van der Waals surface area contributed by atoms with Crippen molar-refractivity contribution in [3.05, 3.63) is 71.7 Å². The monoisotopic (exact) mass is 352 g/mol. The number of esters is 1. The third-order valence-electron chi connectivity index (χ3n) is 3.85. The zero-order valence-electron chi connectivity index (χ0n) is 14.3. The number of aryl methyl sites for hydroxylation is 1. The summed E-state index contributed by atoms with van der Waals surface area (Å²) in [6.45, 7) is 3.21. The molecule has 3 aromatic rings. The summed E-state index contributed by atoms with van der Waals surface area (Å²) in [5, 5.41) is 3.06. The van der Waals surface area contributed by atoms with Gasteiger partial charge in [-0.3, -0.25) is 9.78 Å². The highest BCUT2D eigenvalue weighted by atomic mass is 19.1. The minimum absolute atomic E-state index is 0.0330. The fourth-order valence-corrected chi connectivity index (χ4v) is 2.55. The van der Waals surface area contributed by atoms with Gasteiger partial charge in [0, 0.05) is 11.1 Å². The van der Waals surface area contributed by atoms with E-state index in [2.05, 4.69) is 10.3 Å². The van der Waals surface area contributed by atoms with Gasteiger partial charge in [0.05, 0.1) is 16.8 Å². The zero-order chi connectivity index (χ0) is 18.7. The molecule has 0 radical (unpaired) electrons. The fraction of sp³-hybridized carbons (Fsp3) is 0.150. The lowest BCUT2D eigenvalue weighted by molar-refractivity contribution is -0.123. The van der Waals surface area contributed by atoms with E-state index in [1.807, 2.05) is 6.07 Å². The number of hydrogen-bond acceptors (Lipinski definition) is 4. The Hall–Kier alpha value is -3.28. The molecule has 0 saturated heterocycles. The second kappa shape index (κ2) is 7.31. The van der Waals surface area contributed by atoms with E-state index in [0.29, 0.717) is 22.2 Å². The molecule has 3 rings (SSSR count). The Morgan fingerprint density at radius 3 is 2.58 bits per heavy atom. The molecule has 26 heavy (non-hydrogen) atoms. The maximum absolute atomic E-state index is 13.6. The first-order valence-electron chi connectivity index (χ1n) is 8.08. The topological polar surface area (TPSA) is 68.3 Å². The number of nitrogens with zero attached hydrogens (tertiary/aromatic N) is 1. The summed E-state index contributed by atoms with van der Waals surface area (Å²) in [5.41, 5.74) is 1.70. The number of benzene rings is 2. The Morgan fingerprint density at radius 1 is 1.12 bits per heavy atom. The molecule has 0 aliphatic carbocycles.